The Balaban J connectivity index is 0.00000722. The van der Waals surface area contributed by atoms with Gasteiger partial charge in [-0.25, -0.2) is 0 Å². The van der Waals surface area contributed by atoms with Gasteiger partial charge < -0.3 is 0 Å². The number of rotatable bonds is 18. The van der Waals surface area contributed by atoms with Crippen molar-refractivity contribution < 1.29 is 20.4 Å². The number of unbranched alkanes of at least 4 members (excludes halogenated alkanes) is 5. The minimum atomic E-state index is 0. The molecule has 0 heterocycles. The monoisotopic (exact) mass is 608 g/mol. The van der Waals surface area contributed by atoms with Crippen LogP contribution in [-0.4, -0.2) is 11.4 Å². The first-order chi connectivity index (χ1) is 18.1. The van der Waals surface area contributed by atoms with Crippen LogP contribution >= 0.6 is 0 Å². The second kappa shape index (κ2) is 20.4. The van der Waals surface area contributed by atoms with Crippen LogP contribution in [0, 0.1) is 0 Å². The van der Waals surface area contributed by atoms with Crippen LogP contribution in [-0.2, 0) is 46.1 Å². The first-order valence-electron chi connectivity index (χ1n) is 15.4. The van der Waals surface area contributed by atoms with Crippen molar-refractivity contribution in [2.45, 2.75) is 138 Å². The van der Waals surface area contributed by atoms with Gasteiger partial charge in [-0.1, -0.05) is 78.9 Å². The van der Waals surface area contributed by atoms with Crippen molar-refractivity contribution >= 4 is 22.8 Å². The van der Waals surface area contributed by atoms with E-state index in [1.54, 1.807) is 0 Å². The van der Waals surface area contributed by atoms with Crippen LogP contribution in [0.5, 0.6) is 0 Å². The summed E-state index contributed by atoms with van der Waals surface area (Å²) in [6, 6.07) is 13.8. The third-order valence-corrected chi connectivity index (χ3v) is 7.32. The fourth-order valence-electron chi connectivity index (χ4n) is 4.86. The Labute approximate surface area is 248 Å². The molecule has 0 aliphatic heterocycles. The molecule has 0 saturated carbocycles. The van der Waals surface area contributed by atoms with E-state index in [1.807, 2.05) is 0 Å². The van der Waals surface area contributed by atoms with Gasteiger partial charge in [0.1, 0.15) is 0 Å². The molecule has 0 spiro atoms. The summed E-state index contributed by atoms with van der Waals surface area (Å²) in [5.74, 6) is 0. The summed E-state index contributed by atoms with van der Waals surface area (Å²) in [6.07, 6.45) is 17.9. The Hall–Kier alpha value is -1.56. The minimum Gasteiger partial charge on any atom is -0.252 e. The molecule has 0 bridgehead atoms. The maximum absolute atomic E-state index is 5.20. The molecule has 0 fully saturated rings. The SMILES string of the molecule is CCCCC(=Nc1ccc(CCCC)c(CCCC)c1)C(C)=Nc1ccc(CCCC)c(CCCC)c1.[Pd]. The number of aryl methyl sites for hydroxylation is 4. The van der Waals surface area contributed by atoms with Crippen LogP contribution in [0.2, 0.25) is 0 Å². The number of hydrogen-bond donors (Lipinski definition) is 0. The first-order valence-corrected chi connectivity index (χ1v) is 15.4. The van der Waals surface area contributed by atoms with E-state index in [0.29, 0.717) is 0 Å². The molecule has 0 unspecified atom stereocenters. The molecule has 2 nitrogen and oxygen atoms in total. The summed E-state index contributed by atoms with van der Waals surface area (Å²) < 4.78 is 0. The zero-order valence-electron chi connectivity index (χ0n) is 25.3. The molecule has 2 rings (SSSR count). The normalized spacial score (nSPS) is 12.1. The van der Waals surface area contributed by atoms with Gasteiger partial charge in [0.05, 0.1) is 22.8 Å². The molecule has 0 amide bonds. The summed E-state index contributed by atoms with van der Waals surface area (Å²) >= 11 is 0. The van der Waals surface area contributed by atoms with E-state index < -0.39 is 0 Å². The van der Waals surface area contributed by atoms with Gasteiger partial charge in [0.15, 0.2) is 0 Å². The average Bonchev–Trinajstić information content (AvgIpc) is 2.91. The Kier molecular flexibility index (Phi) is 18.5. The molecule has 0 aromatic heterocycles. The molecule has 2 aromatic rings. The van der Waals surface area contributed by atoms with Crippen molar-refractivity contribution in [1.29, 1.82) is 0 Å². The van der Waals surface area contributed by atoms with Crippen molar-refractivity contribution in [2.24, 2.45) is 9.98 Å². The summed E-state index contributed by atoms with van der Waals surface area (Å²) in [5.41, 5.74) is 10.4. The van der Waals surface area contributed by atoms with Crippen molar-refractivity contribution in [2.75, 3.05) is 0 Å². The Morgan fingerprint density at radius 2 is 0.921 bits per heavy atom. The summed E-state index contributed by atoms with van der Waals surface area (Å²) in [6.45, 7) is 13.5. The van der Waals surface area contributed by atoms with Crippen molar-refractivity contribution in [3.05, 3.63) is 58.7 Å². The molecule has 0 aliphatic rings. The molecule has 0 aliphatic carbocycles. The van der Waals surface area contributed by atoms with Crippen LogP contribution in [0.4, 0.5) is 11.4 Å². The topological polar surface area (TPSA) is 24.7 Å². The number of nitrogens with zero attached hydrogens (tertiary/aromatic N) is 2. The van der Waals surface area contributed by atoms with E-state index in [4.69, 9.17) is 9.98 Å². The molecule has 0 radical (unpaired) electrons. The number of aliphatic imine (C=N–C) groups is 2. The van der Waals surface area contributed by atoms with E-state index in [9.17, 15) is 0 Å². The van der Waals surface area contributed by atoms with Crippen molar-refractivity contribution in [3.63, 3.8) is 0 Å². The second-order valence-corrected chi connectivity index (χ2v) is 10.7. The van der Waals surface area contributed by atoms with Gasteiger partial charge in [0.2, 0.25) is 0 Å². The van der Waals surface area contributed by atoms with Crippen LogP contribution in [0.1, 0.15) is 134 Å². The van der Waals surface area contributed by atoms with Gasteiger partial charge in [0, 0.05) is 20.4 Å². The Bertz CT molecular complexity index is 989. The van der Waals surface area contributed by atoms with E-state index in [2.05, 4.69) is 77.9 Å². The van der Waals surface area contributed by atoms with E-state index in [-0.39, 0.29) is 20.4 Å². The van der Waals surface area contributed by atoms with Gasteiger partial charge >= 0.3 is 0 Å². The van der Waals surface area contributed by atoms with Gasteiger partial charge in [-0.15, -0.1) is 0 Å². The fraction of sp³-hybridized carbons (Fsp3) is 0.600. The van der Waals surface area contributed by atoms with Crippen LogP contribution in [0.15, 0.2) is 46.4 Å². The van der Waals surface area contributed by atoms with Crippen molar-refractivity contribution in [3.8, 4) is 0 Å². The molecule has 38 heavy (non-hydrogen) atoms. The zero-order chi connectivity index (χ0) is 26.9. The molecule has 3 heteroatoms. The number of benzene rings is 2. The molecule has 0 N–H and O–H groups in total. The Morgan fingerprint density at radius 1 is 0.526 bits per heavy atom. The van der Waals surface area contributed by atoms with E-state index in [0.717, 1.165) is 54.9 Å². The zero-order valence-corrected chi connectivity index (χ0v) is 26.8. The van der Waals surface area contributed by atoms with Gasteiger partial charge in [0.25, 0.3) is 0 Å². The smallest absolute Gasteiger partial charge is 0.0636 e. The quantitative estimate of drug-likeness (QED) is 0.119. The fourth-order valence-corrected chi connectivity index (χ4v) is 4.86. The Morgan fingerprint density at radius 3 is 1.34 bits per heavy atom. The van der Waals surface area contributed by atoms with Gasteiger partial charge in [-0.3, -0.25) is 9.98 Å². The van der Waals surface area contributed by atoms with Gasteiger partial charge in [-0.2, -0.15) is 0 Å². The molecule has 0 saturated heterocycles. The maximum Gasteiger partial charge on any atom is 0.0636 e. The summed E-state index contributed by atoms with van der Waals surface area (Å²) in [5, 5.41) is 0. The average molecular weight is 609 g/mol. The molecular weight excluding hydrogens is 555 g/mol. The van der Waals surface area contributed by atoms with E-state index >= 15 is 0 Å². The van der Waals surface area contributed by atoms with Crippen LogP contribution in [0.25, 0.3) is 0 Å². The third kappa shape index (κ3) is 12.1. The predicted octanol–water partition coefficient (Wildman–Crippen LogP) is 11.1. The van der Waals surface area contributed by atoms with Crippen LogP contribution in [0.3, 0.4) is 0 Å². The number of hydrogen-bond acceptors (Lipinski definition) is 2. The summed E-state index contributed by atoms with van der Waals surface area (Å²) in [4.78, 5) is 10.3. The minimum absolute atomic E-state index is 0. The largest absolute Gasteiger partial charge is 0.252 e. The molecule has 214 valence electrons. The van der Waals surface area contributed by atoms with Crippen LogP contribution < -0.4 is 0 Å². The molecule has 0 atom stereocenters. The van der Waals surface area contributed by atoms with E-state index in [1.165, 1.54) is 86.5 Å². The van der Waals surface area contributed by atoms with Crippen molar-refractivity contribution in [1.82, 2.24) is 0 Å². The molecular formula is C35H54N2Pd. The summed E-state index contributed by atoms with van der Waals surface area (Å²) in [7, 11) is 0. The van der Waals surface area contributed by atoms with Gasteiger partial charge in [-0.05, 0) is 118 Å². The third-order valence-electron chi connectivity index (χ3n) is 7.32. The second-order valence-electron chi connectivity index (χ2n) is 10.7. The molecule has 2 aromatic carbocycles. The first kappa shape index (κ1) is 34.5. The maximum atomic E-state index is 5.20. The predicted molar refractivity (Wildman–Crippen MR) is 167 cm³/mol. The standard InChI is InChI=1S/C35H54N2.Pd/c1-7-12-17-29-22-24-33(26-31(29)19-14-9-3)36-28(6)35(21-16-11-5)37-34-25-23-30(18-13-8-2)32(27-34)20-15-10-4;/h22-27H,7-21H2,1-6H3;.